The van der Waals surface area contributed by atoms with Gasteiger partial charge in [-0.05, 0) is 19.1 Å². The van der Waals surface area contributed by atoms with Crippen LogP contribution in [0.2, 0.25) is 0 Å². The third kappa shape index (κ3) is 5.82. The third-order valence-electron chi connectivity index (χ3n) is 4.17. The van der Waals surface area contributed by atoms with Crippen LogP contribution in [0.1, 0.15) is 6.92 Å². The standard InChI is InChI=1S/C19H25N5O3/c1-15(27-17-5-3-2-4-6-17)19(25)21-8-7-20-18-13-16(14-22-23-18)24-9-11-26-12-10-24/h2-6,13-15H,7-12H2,1H3,(H,20,23)(H,21,25). The Bertz CT molecular complexity index is 722. The topological polar surface area (TPSA) is 88.6 Å². The van der Waals surface area contributed by atoms with E-state index in [2.05, 4.69) is 25.7 Å². The Labute approximate surface area is 158 Å². The zero-order chi connectivity index (χ0) is 18.9. The molecule has 0 aliphatic carbocycles. The van der Waals surface area contributed by atoms with Crippen LogP contribution in [0, 0.1) is 0 Å². The van der Waals surface area contributed by atoms with Gasteiger partial charge in [-0.2, -0.15) is 5.10 Å². The summed E-state index contributed by atoms with van der Waals surface area (Å²) in [6, 6.07) is 11.3. The number of nitrogens with one attached hydrogen (secondary N) is 2. The van der Waals surface area contributed by atoms with Gasteiger partial charge in [-0.3, -0.25) is 4.79 Å². The molecule has 2 N–H and O–H groups in total. The number of aromatic nitrogens is 2. The smallest absolute Gasteiger partial charge is 0.260 e. The van der Waals surface area contributed by atoms with Crippen LogP contribution in [0.15, 0.2) is 42.6 Å². The second-order valence-corrected chi connectivity index (χ2v) is 6.19. The summed E-state index contributed by atoms with van der Waals surface area (Å²) in [5.74, 6) is 1.20. The lowest BCUT2D eigenvalue weighted by atomic mass is 10.3. The molecule has 1 saturated heterocycles. The second-order valence-electron chi connectivity index (χ2n) is 6.19. The van der Waals surface area contributed by atoms with Crippen molar-refractivity contribution < 1.29 is 14.3 Å². The Kier molecular flexibility index (Phi) is 6.81. The van der Waals surface area contributed by atoms with Gasteiger partial charge in [0.1, 0.15) is 5.75 Å². The number of rotatable bonds is 8. The SMILES string of the molecule is CC(Oc1ccccc1)C(=O)NCCNc1cc(N2CCOCC2)cnn1. The zero-order valence-electron chi connectivity index (χ0n) is 15.4. The average molecular weight is 371 g/mol. The first-order valence-electron chi connectivity index (χ1n) is 9.11. The van der Waals surface area contributed by atoms with Crippen LogP contribution in [0.25, 0.3) is 0 Å². The molecule has 144 valence electrons. The molecule has 27 heavy (non-hydrogen) atoms. The first-order valence-corrected chi connectivity index (χ1v) is 9.11. The van der Waals surface area contributed by atoms with E-state index in [1.165, 1.54) is 0 Å². The number of carbonyl (C=O) groups excluding carboxylic acids is 1. The monoisotopic (exact) mass is 371 g/mol. The van der Waals surface area contributed by atoms with Crippen molar-refractivity contribution in [2.45, 2.75) is 13.0 Å². The van der Waals surface area contributed by atoms with Crippen molar-refractivity contribution >= 4 is 17.4 Å². The van der Waals surface area contributed by atoms with Crippen molar-refractivity contribution in [3.63, 3.8) is 0 Å². The quantitative estimate of drug-likeness (QED) is 0.676. The van der Waals surface area contributed by atoms with Crippen molar-refractivity contribution in [3.8, 4) is 5.75 Å². The number of amides is 1. The lowest BCUT2D eigenvalue weighted by molar-refractivity contribution is -0.127. The summed E-state index contributed by atoms with van der Waals surface area (Å²) in [5.41, 5.74) is 1.02. The van der Waals surface area contributed by atoms with E-state index in [1.807, 2.05) is 36.4 Å². The Morgan fingerprint density at radius 3 is 2.81 bits per heavy atom. The predicted octanol–water partition coefficient (Wildman–Crippen LogP) is 1.31. The molecule has 1 unspecified atom stereocenters. The maximum Gasteiger partial charge on any atom is 0.260 e. The Morgan fingerprint density at radius 1 is 1.26 bits per heavy atom. The first kappa shape index (κ1) is 18.9. The Balaban J connectivity index is 1.40. The number of hydrogen-bond acceptors (Lipinski definition) is 7. The van der Waals surface area contributed by atoms with Crippen molar-refractivity contribution in [2.75, 3.05) is 49.6 Å². The molecule has 1 atom stereocenters. The molecule has 1 aromatic carbocycles. The molecular weight excluding hydrogens is 346 g/mol. The van der Waals surface area contributed by atoms with E-state index in [0.29, 0.717) is 24.7 Å². The molecule has 2 heterocycles. The van der Waals surface area contributed by atoms with Crippen LogP contribution in [0.4, 0.5) is 11.5 Å². The second kappa shape index (κ2) is 9.72. The van der Waals surface area contributed by atoms with Gasteiger partial charge in [0, 0.05) is 32.2 Å². The summed E-state index contributed by atoms with van der Waals surface area (Å²) in [7, 11) is 0. The molecule has 0 saturated carbocycles. The van der Waals surface area contributed by atoms with E-state index < -0.39 is 6.10 Å². The molecule has 8 nitrogen and oxygen atoms in total. The predicted molar refractivity (Wildman–Crippen MR) is 103 cm³/mol. The van der Waals surface area contributed by atoms with Crippen LogP contribution in [-0.2, 0) is 9.53 Å². The van der Waals surface area contributed by atoms with Gasteiger partial charge in [0.25, 0.3) is 5.91 Å². The summed E-state index contributed by atoms with van der Waals surface area (Å²) in [6.45, 7) is 5.88. The van der Waals surface area contributed by atoms with Crippen molar-refractivity contribution in [1.82, 2.24) is 15.5 Å². The third-order valence-corrected chi connectivity index (χ3v) is 4.17. The number of nitrogens with zero attached hydrogens (tertiary/aromatic N) is 3. The number of ether oxygens (including phenoxy) is 2. The van der Waals surface area contributed by atoms with Gasteiger partial charge in [0.15, 0.2) is 11.9 Å². The minimum absolute atomic E-state index is 0.159. The van der Waals surface area contributed by atoms with Gasteiger partial charge < -0.3 is 25.0 Å². The average Bonchev–Trinajstić information content (AvgIpc) is 2.72. The van der Waals surface area contributed by atoms with Crippen molar-refractivity contribution in [3.05, 3.63) is 42.6 Å². The van der Waals surface area contributed by atoms with Gasteiger partial charge in [-0.1, -0.05) is 18.2 Å². The molecule has 8 heteroatoms. The van der Waals surface area contributed by atoms with E-state index >= 15 is 0 Å². The summed E-state index contributed by atoms with van der Waals surface area (Å²) < 4.78 is 11.0. The lowest BCUT2D eigenvalue weighted by Crippen LogP contribution is -2.38. The summed E-state index contributed by atoms with van der Waals surface area (Å²) in [6.07, 6.45) is 1.19. The number of benzene rings is 1. The molecule has 3 rings (SSSR count). The molecule has 1 fully saturated rings. The fourth-order valence-corrected chi connectivity index (χ4v) is 2.71. The summed E-state index contributed by atoms with van der Waals surface area (Å²) in [4.78, 5) is 14.3. The number of hydrogen-bond donors (Lipinski definition) is 2. The van der Waals surface area contributed by atoms with Gasteiger partial charge in [0.2, 0.25) is 0 Å². The number of morpholine rings is 1. The maximum absolute atomic E-state index is 12.1. The fraction of sp³-hybridized carbons (Fsp3) is 0.421. The van der Waals surface area contributed by atoms with Crippen LogP contribution in [0.5, 0.6) is 5.75 Å². The van der Waals surface area contributed by atoms with Gasteiger partial charge in [0.05, 0.1) is 25.1 Å². The molecule has 1 aliphatic rings. The molecule has 0 bridgehead atoms. The fourth-order valence-electron chi connectivity index (χ4n) is 2.71. The highest BCUT2D eigenvalue weighted by molar-refractivity contribution is 5.80. The van der Waals surface area contributed by atoms with Gasteiger partial charge >= 0.3 is 0 Å². The van der Waals surface area contributed by atoms with E-state index in [9.17, 15) is 4.79 Å². The maximum atomic E-state index is 12.1. The molecule has 1 aliphatic heterocycles. The number of para-hydroxylation sites is 1. The zero-order valence-corrected chi connectivity index (χ0v) is 15.4. The van der Waals surface area contributed by atoms with Gasteiger partial charge in [-0.15, -0.1) is 5.10 Å². The highest BCUT2D eigenvalue weighted by Gasteiger charge is 2.14. The van der Waals surface area contributed by atoms with Gasteiger partial charge in [-0.25, -0.2) is 0 Å². The van der Waals surface area contributed by atoms with E-state index in [1.54, 1.807) is 13.1 Å². The molecule has 2 aromatic rings. The normalized spacial score (nSPS) is 15.1. The largest absolute Gasteiger partial charge is 0.481 e. The van der Waals surface area contributed by atoms with Crippen LogP contribution < -0.4 is 20.3 Å². The highest BCUT2D eigenvalue weighted by atomic mass is 16.5. The first-order chi connectivity index (χ1) is 13.2. The lowest BCUT2D eigenvalue weighted by Gasteiger charge is -2.28. The van der Waals surface area contributed by atoms with Crippen molar-refractivity contribution in [1.29, 1.82) is 0 Å². The number of carbonyl (C=O) groups is 1. The Hall–Kier alpha value is -2.87. The van der Waals surface area contributed by atoms with Crippen LogP contribution in [-0.4, -0.2) is 61.6 Å². The molecule has 0 spiro atoms. The summed E-state index contributed by atoms with van der Waals surface area (Å²) >= 11 is 0. The van der Waals surface area contributed by atoms with E-state index in [4.69, 9.17) is 9.47 Å². The minimum Gasteiger partial charge on any atom is -0.481 e. The van der Waals surface area contributed by atoms with Crippen molar-refractivity contribution in [2.24, 2.45) is 0 Å². The molecule has 0 radical (unpaired) electrons. The summed E-state index contributed by atoms with van der Waals surface area (Å²) in [5, 5.41) is 14.2. The Morgan fingerprint density at radius 2 is 2.04 bits per heavy atom. The minimum atomic E-state index is -0.558. The van der Waals surface area contributed by atoms with Crippen LogP contribution in [0.3, 0.4) is 0 Å². The number of anilines is 2. The van der Waals surface area contributed by atoms with E-state index in [-0.39, 0.29) is 5.91 Å². The highest BCUT2D eigenvalue weighted by Crippen LogP contribution is 2.16. The molecule has 1 amide bonds. The van der Waals surface area contributed by atoms with E-state index in [0.717, 1.165) is 32.0 Å². The molecular formula is C19H25N5O3. The molecule has 1 aromatic heterocycles. The van der Waals surface area contributed by atoms with Crippen LogP contribution >= 0.6 is 0 Å².